The molecule has 0 radical (unpaired) electrons. The molecule has 5 rings (SSSR count). The molecule has 0 aliphatic carbocycles. The molecule has 0 spiro atoms. The standard InChI is InChI=1S/C34H30Cl2N4O3/c1-22-9-13-24-6-4-8-30(33(24)38-22)43-21-27-28(35)16-17-29(32(27)36)40-19-5-7-26(40)20-37-31(41)18-12-23-10-14-25(15-11-23)34(42)39(2)3/h4-19H,20-21H2,1-3H3,(H,37,41). The maximum absolute atomic E-state index is 12.6. The van der Waals surface area contributed by atoms with Crippen LogP contribution in [0.15, 0.2) is 91.1 Å². The summed E-state index contributed by atoms with van der Waals surface area (Å²) in [6.07, 6.45) is 5.04. The number of halogens is 2. The van der Waals surface area contributed by atoms with E-state index in [1.165, 1.54) is 11.0 Å². The van der Waals surface area contributed by atoms with Gasteiger partial charge in [-0.3, -0.25) is 9.59 Å². The van der Waals surface area contributed by atoms with E-state index in [-0.39, 0.29) is 25.0 Å². The average Bonchev–Trinajstić information content (AvgIpc) is 3.47. The second-order valence-electron chi connectivity index (χ2n) is 10.2. The number of aryl methyl sites for hydroxylation is 1. The quantitative estimate of drug-likeness (QED) is 0.178. The number of aromatic nitrogens is 2. The molecule has 43 heavy (non-hydrogen) atoms. The van der Waals surface area contributed by atoms with Gasteiger partial charge in [0.2, 0.25) is 5.91 Å². The minimum atomic E-state index is -0.253. The molecule has 2 amide bonds. The van der Waals surface area contributed by atoms with Gasteiger partial charge in [0.15, 0.2) is 0 Å². The molecular weight excluding hydrogens is 583 g/mol. The summed E-state index contributed by atoms with van der Waals surface area (Å²) >= 11 is 13.5. The normalized spacial score (nSPS) is 11.2. The van der Waals surface area contributed by atoms with Crippen LogP contribution in [0, 0.1) is 6.92 Å². The van der Waals surface area contributed by atoms with Crippen molar-refractivity contribution in [2.45, 2.75) is 20.1 Å². The van der Waals surface area contributed by atoms with Crippen molar-refractivity contribution in [3.63, 3.8) is 0 Å². The minimum absolute atomic E-state index is 0.0751. The molecule has 9 heteroatoms. The highest BCUT2D eigenvalue weighted by Gasteiger charge is 2.16. The van der Waals surface area contributed by atoms with Crippen molar-refractivity contribution in [1.82, 2.24) is 19.8 Å². The van der Waals surface area contributed by atoms with Crippen LogP contribution in [0.4, 0.5) is 0 Å². The third-order valence-corrected chi connectivity index (χ3v) is 7.66. The van der Waals surface area contributed by atoms with E-state index >= 15 is 0 Å². The fraction of sp³-hybridized carbons (Fsp3) is 0.147. The number of carbonyl (C=O) groups excluding carboxylic acids is 2. The Bertz CT molecular complexity index is 1830. The smallest absolute Gasteiger partial charge is 0.253 e. The van der Waals surface area contributed by atoms with E-state index in [0.29, 0.717) is 32.6 Å². The number of benzene rings is 3. The molecule has 7 nitrogen and oxygen atoms in total. The fourth-order valence-corrected chi connectivity index (χ4v) is 5.16. The van der Waals surface area contributed by atoms with Gasteiger partial charge in [0.1, 0.15) is 17.9 Å². The zero-order valence-electron chi connectivity index (χ0n) is 24.0. The summed E-state index contributed by atoms with van der Waals surface area (Å²) in [6.45, 7) is 2.37. The number of para-hydroxylation sites is 1. The summed E-state index contributed by atoms with van der Waals surface area (Å²) in [5, 5.41) is 4.84. The van der Waals surface area contributed by atoms with Gasteiger partial charge in [0.05, 0.1) is 17.3 Å². The number of ether oxygens (including phenoxy) is 1. The second-order valence-corrected chi connectivity index (χ2v) is 11.0. The van der Waals surface area contributed by atoms with Gasteiger partial charge in [-0.1, -0.05) is 53.5 Å². The van der Waals surface area contributed by atoms with Crippen LogP contribution in [0.25, 0.3) is 22.7 Å². The highest BCUT2D eigenvalue weighted by Crippen LogP contribution is 2.33. The van der Waals surface area contributed by atoms with Gasteiger partial charge >= 0.3 is 0 Å². The Balaban J connectivity index is 1.27. The molecule has 2 heterocycles. The number of nitrogens with zero attached hydrogens (tertiary/aromatic N) is 3. The molecule has 1 N–H and O–H groups in total. The summed E-state index contributed by atoms with van der Waals surface area (Å²) in [5.41, 5.74) is 5.27. The molecule has 0 aliphatic heterocycles. The maximum atomic E-state index is 12.6. The second kappa shape index (κ2) is 13.2. The van der Waals surface area contributed by atoms with Gasteiger partial charge in [-0.15, -0.1) is 0 Å². The van der Waals surface area contributed by atoms with Crippen LogP contribution in [0.5, 0.6) is 5.75 Å². The molecule has 3 aromatic carbocycles. The summed E-state index contributed by atoms with van der Waals surface area (Å²) in [5.74, 6) is 0.319. The highest BCUT2D eigenvalue weighted by atomic mass is 35.5. The number of hydrogen-bond donors (Lipinski definition) is 1. The number of hydrogen-bond acceptors (Lipinski definition) is 4. The summed E-state index contributed by atoms with van der Waals surface area (Å²) in [7, 11) is 3.41. The highest BCUT2D eigenvalue weighted by molar-refractivity contribution is 6.37. The van der Waals surface area contributed by atoms with E-state index < -0.39 is 0 Å². The van der Waals surface area contributed by atoms with Crippen molar-refractivity contribution >= 4 is 52.0 Å². The molecule has 0 saturated heterocycles. The Labute approximate surface area is 260 Å². The predicted molar refractivity (Wildman–Crippen MR) is 172 cm³/mol. The maximum Gasteiger partial charge on any atom is 0.253 e. The molecule has 0 bridgehead atoms. The van der Waals surface area contributed by atoms with Crippen LogP contribution in [-0.2, 0) is 17.9 Å². The van der Waals surface area contributed by atoms with Crippen molar-refractivity contribution in [2.75, 3.05) is 14.1 Å². The number of amides is 2. The Morgan fingerprint density at radius 3 is 2.53 bits per heavy atom. The predicted octanol–water partition coefficient (Wildman–Crippen LogP) is 7.25. The zero-order valence-corrected chi connectivity index (χ0v) is 25.5. The fourth-order valence-electron chi connectivity index (χ4n) is 4.59. The molecule has 5 aromatic rings. The van der Waals surface area contributed by atoms with Gasteiger partial charge in [0.25, 0.3) is 5.91 Å². The first-order valence-corrected chi connectivity index (χ1v) is 14.4. The van der Waals surface area contributed by atoms with E-state index in [1.807, 2.05) is 66.2 Å². The van der Waals surface area contributed by atoms with Crippen LogP contribution < -0.4 is 10.1 Å². The third-order valence-electron chi connectivity index (χ3n) is 6.89. The lowest BCUT2D eigenvalue weighted by Crippen LogP contribution is -2.22. The Kier molecular flexibility index (Phi) is 9.14. The molecule has 0 unspecified atom stereocenters. The van der Waals surface area contributed by atoms with Crippen LogP contribution >= 0.6 is 23.2 Å². The first-order valence-electron chi connectivity index (χ1n) is 13.6. The molecular formula is C34H30Cl2N4O3. The van der Waals surface area contributed by atoms with Gasteiger partial charge in [0, 0.05) is 59.3 Å². The lowest BCUT2D eigenvalue weighted by Gasteiger charge is -2.16. The number of fused-ring (bicyclic) bond motifs is 1. The van der Waals surface area contributed by atoms with E-state index in [2.05, 4.69) is 10.3 Å². The van der Waals surface area contributed by atoms with E-state index in [4.69, 9.17) is 27.9 Å². The van der Waals surface area contributed by atoms with E-state index in [1.54, 1.807) is 50.5 Å². The van der Waals surface area contributed by atoms with Crippen LogP contribution in [0.2, 0.25) is 10.0 Å². The molecule has 218 valence electrons. The minimum Gasteiger partial charge on any atom is -0.487 e. The monoisotopic (exact) mass is 612 g/mol. The molecule has 0 atom stereocenters. The first kappa shape index (κ1) is 29.9. The molecule has 0 aliphatic rings. The van der Waals surface area contributed by atoms with Crippen LogP contribution in [0.1, 0.15) is 32.9 Å². The van der Waals surface area contributed by atoms with Gasteiger partial charge in [-0.2, -0.15) is 0 Å². The van der Waals surface area contributed by atoms with Crippen LogP contribution in [0.3, 0.4) is 0 Å². The van der Waals surface area contributed by atoms with Gasteiger partial charge in [-0.25, -0.2) is 4.98 Å². The Morgan fingerprint density at radius 2 is 1.77 bits per heavy atom. The number of nitrogens with one attached hydrogen (secondary N) is 1. The van der Waals surface area contributed by atoms with Crippen molar-refractivity contribution < 1.29 is 14.3 Å². The topological polar surface area (TPSA) is 76.5 Å². The summed E-state index contributed by atoms with van der Waals surface area (Å²) < 4.78 is 8.08. The Morgan fingerprint density at radius 1 is 0.977 bits per heavy atom. The molecule has 0 fully saturated rings. The lowest BCUT2D eigenvalue weighted by atomic mass is 10.1. The number of pyridine rings is 1. The lowest BCUT2D eigenvalue weighted by molar-refractivity contribution is -0.116. The zero-order chi connectivity index (χ0) is 30.5. The van der Waals surface area contributed by atoms with Gasteiger partial charge in [-0.05, 0) is 67.1 Å². The molecule has 2 aromatic heterocycles. The van der Waals surface area contributed by atoms with Crippen molar-refractivity contribution in [3.05, 3.63) is 129 Å². The van der Waals surface area contributed by atoms with Crippen molar-refractivity contribution in [2.24, 2.45) is 0 Å². The third kappa shape index (κ3) is 6.91. The largest absolute Gasteiger partial charge is 0.487 e. The first-order chi connectivity index (χ1) is 20.7. The van der Waals surface area contributed by atoms with Gasteiger partial charge < -0.3 is 19.5 Å². The van der Waals surface area contributed by atoms with Crippen molar-refractivity contribution in [3.8, 4) is 11.4 Å². The summed E-state index contributed by atoms with van der Waals surface area (Å²) in [6, 6.07) is 24.3. The SMILES string of the molecule is Cc1ccc2cccc(OCc3c(Cl)ccc(-n4cccc4CNC(=O)C=Cc4ccc(C(=O)N(C)C)cc4)c3Cl)c2n1. The van der Waals surface area contributed by atoms with Crippen molar-refractivity contribution in [1.29, 1.82) is 0 Å². The van der Waals surface area contributed by atoms with E-state index in [9.17, 15) is 9.59 Å². The summed E-state index contributed by atoms with van der Waals surface area (Å²) in [4.78, 5) is 30.8. The Hall–Kier alpha value is -4.59. The average molecular weight is 614 g/mol. The van der Waals surface area contributed by atoms with E-state index in [0.717, 1.165) is 27.9 Å². The van der Waals surface area contributed by atoms with Crippen LogP contribution in [-0.4, -0.2) is 40.4 Å². The molecule has 0 saturated carbocycles. The number of carbonyl (C=O) groups is 2. The number of rotatable bonds is 9.